The van der Waals surface area contributed by atoms with Crippen LogP contribution >= 0.6 is 0 Å². The lowest BCUT2D eigenvalue weighted by Gasteiger charge is -2.18. The number of carbonyl (C=O) groups excluding carboxylic acids is 2. The summed E-state index contributed by atoms with van der Waals surface area (Å²) in [5.41, 5.74) is 12.5. The number of nitrogens with two attached hydrogens (primary N) is 2. The van der Waals surface area contributed by atoms with Gasteiger partial charge in [-0.2, -0.15) is 0 Å². The predicted molar refractivity (Wildman–Crippen MR) is 80.1 cm³/mol. The van der Waals surface area contributed by atoms with Crippen LogP contribution in [0.4, 0.5) is 11.4 Å². The number of amides is 2. The van der Waals surface area contributed by atoms with E-state index in [0.717, 1.165) is 0 Å². The van der Waals surface area contributed by atoms with Crippen molar-refractivity contribution < 1.29 is 9.59 Å². The number of anilines is 2. The van der Waals surface area contributed by atoms with E-state index in [1.54, 1.807) is 19.2 Å². The Labute approximate surface area is 119 Å². The Bertz CT molecular complexity index is 500. The fourth-order valence-corrected chi connectivity index (χ4v) is 1.64. The van der Waals surface area contributed by atoms with E-state index in [9.17, 15) is 9.59 Å². The third-order valence-electron chi connectivity index (χ3n) is 2.74. The third kappa shape index (κ3) is 4.46. The second-order valence-corrected chi connectivity index (χ2v) is 5.21. The van der Waals surface area contributed by atoms with E-state index in [4.69, 9.17) is 11.5 Å². The monoisotopic (exact) mass is 278 g/mol. The molecule has 6 nitrogen and oxygen atoms in total. The summed E-state index contributed by atoms with van der Waals surface area (Å²) in [6, 6.07) is 4.70. The van der Waals surface area contributed by atoms with Crippen LogP contribution in [-0.4, -0.2) is 36.9 Å². The molecule has 5 N–H and O–H groups in total. The van der Waals surface area contributed by atoms with Gasteiger partial charge in [0.1, 0.15) is 0 Å². The van der Waals surface area contributed by atoms with Crippen molar-refractivity contribution in [3.05, 3.63) is 23.8 Å². The zero-order chi connectivity index (χ0) is 15.3. The number of nitrogens with zero attached hydrogens (tertiary/aromatic N) is 1. The molecule has 20 heavy (non-hydrogen) atoms. The van der Waals surface area contributed by atoms with Crippen LogP contribution in [0.15, 0.2) is 18.2 Å². The molecule has 0 heterocycles. The molecule has 1 rings (SSSR count). The van der Waals surface area contributed by atoms with E-state index in [1.165, 1.54) is 11.0 Å². The van der Waals surface area contributed by atoms with Crippen molar-refractivity contribution in [1.82, 2.24) is 10.2 Å². The molecule has 0 aromatic heterocycles. The lowest BCUT2D eigenvalue weighted by atomic mass is 10.1. The Kier molecular flexibility index (Phi) is 5.37. The van der Waals surface area contributed by atoms with Crippen LogP contribution in [0, 0.1) is 5.92 Å². The third-order valence-corrected chi connectivity index (χ3v) is 2.74. The Morgan fingerprint density at radius 1 is 1.30 bits per heavy atom. The average Bonchev–Trinajstić information content (AvgIpc) is 2.35. The van der Waals surface area contributed by atoms with Gasteiger partial charge in [0.15, 0.2) is 0 Å². The van der Waals surface area contributed by atoms with Crippen molar-refractivity contribution in [2.45, 2.75) is 13.8 Å². The fraction of sp³-hybridized carbons (Fsp3) is 0.429. The highest BCUT2D eigenvalue weighted by Gasteiger charge is 2.17. The molecule has 0 unspecified atom stereocenters. The number of hydrogen-bond donors (Lipinski definition) is 3. The molecule has 2 amide bonds. The van der Waals surface area contributed by atoms with Gasteiger partial charge in [-0.15, -0.1) is 0 Å². The minimum atomic E-state index is -0.304. The summed E-state index contributed by atoms with van der Waals surface area (Å²) in [5.74, 6) is -0.126. The molecule has 0 spiro atoms. The topological polar surface area (TPSA) is 101 Å². The van der Waals surface area contributed by atoms with E-state index in [2.05, 4.69) is 5.32 Å². The van der Waals surface area contributed by atoms with Crippen LogP contribution < -0.4 is 16.8 Å². The summed E-state index contributed by atoms with van der Waals surface area (Å²) in [5, 5.41) is 2.76. The van der Waals surface area contributed by atoms with Gasteiger partial charge < -0.3 is 21.7 Å². The van der Waals surface area contributed by atoms with Gasteiger partial charge >= 0.3 is 0 Å². The highest BCUT2D eigenvalue weighted by Crippen LogP contribution is 2.17. The van der Waals surface area contributed by atoms with Crippen LogP contribution in [0.25, 0.3) is 0 Å². The van der Waals surface area contributed by atoms with Crippen LogP contribution in [0.5, 0.6) is 0 Å². The second kappa shape index (κ2) is 6.79. The summed E-state index contributed by atoms with van der Waals surface area (Å²) in [7, 11) is 1.56. The quantitative estimate of drug-likeness (QED) is 0.690. The number of carbonyl (C=O) groups is 2. The molecule has 0 bridgehead atoms. The van der Waals surface area contributed by atoms with Crippen LogP contribution in [0.3, 0.4) is 0 Å². The van der Waals surface area contributed by atoms with Crippen molar-refractivity contribution >= 4 is 23.2 Å². The molecule has 0 atom stereocenters. The molecule has 1 aromatic carbocycles. The van der Waals surface area contributed by atoms with E-state index in [0.29, 0.717) is 29.4 Å². The number of likely N-dealkylation sites (N-methyl/N-ethyl adjacent to an activating group) is 1. The Hall–Kier alpha value is -2.24. The molecule has 0 radical (unpaired) electrons. The maximum absolute atomic E-state index is 12.2. The standard InChI is InChI=1S/C14H22N4O2/c1-9(2)7-17-13(19)8-18(3)14(20)11-5-4-10(15)6-12(11)16/h4-6,9H,7-8,15-16H2,1-3H3,(H,17,19). The molecular formula is C14H22N4O2. The average molecular weight is 278 g/mol. The summed E-state index contributed by atoms with van der Waals surface area (Å²) in [4.78, 5) is 25.2. The fourth-order valence-electron chi connectivity index (χ4n) is 1.64. The van der Waals surface area contributed by atoms with Crippen molar-refractivity contribution in [2.75, 3.05) is 31.6 Å². The van der Waals surface area contributed by atoms with Crippen LogP contribution in [0.2, 0.25) is 0 Å². The van der Waals surface area contributed by atoms with Gasteiger partial charge in [-0.1, -0.05) is 13.8 Å². The number of rotatable bonds is 5. The minimum Gasteiger partial charge on any atom is -0.399 e. The van der Waals surface area contributed by atoms with Crippen molar-refractivity contribution in [2.24, 2.45) is 5.92 Å². The summed E-state index contributed by atoms with van der Waals surface area (Å²) in [6.45, 7) is 4.59. The van der Waals surface area contributed by atoms with Gasteiger partial charge in [0.25, 0.3) is 5.91 Å². The predicted octanol–water partition coefficient (Wildman–Crippen LogP) is 0.695. The molecule has 0 aliphatic carbocycles. The molecule has 6 heteroatoms. The summed E-state index contributed by atoms with van der Waals surface area (Å²) in [6.07, 6.45) is 0. The van der Waals surface area contributed by atoms with Crippen LogP contribution in [-0.2, 0) is 4.79 Å². The number of benzene rings is 1. The smallest absolute Gasteiger partial charge is 0.256 e. The van der Waals surface area contributed by atoms with Crippen molar-refractivity contribution in [3.63, 3.8) is 0 Å². The second-order valence-electron chi connectivity index (χ2n) is 5.21. The van der Waals surface area contributed by atoms with E-state index in [1.807, 2.05) is 13.8 Å². The Morgan fingerprint density at radius 2 is 1.95 bits per heavy atom. The number of nitrogen functional groups attached to an aromatic ring is 2. The number of nitrogens with one attached hydrogen (secondary N) is 1. The molecule has 0 saturated heterocycles. The lowest BCUT2D eigenvalue weighted by Crippen LogP contribution is -2.39. The maximum atomic E-state index is 12.2. The van der Waals surface area contributed by atoms with E-state index in [-0.39, 0.29) is 18.4 Å². The van der Waals surface area contributed by atoms with Crippen LogP contribution in [0.1, 0.15) is 24.2 Å². The molecular weight excluding hydrogens is 256 g/mol. The van der Waals surface area contributed by atoms with Gasteiger partial charge in [-0.05, 0) is 24.1 Å². The molecule has 0 fully saturated rings. The molecule has 0 aliphatic rings. The number of hydrogen-bond acceptors (Lipinski definition) is 4. The van der Waals surface area contributed by atoms with Crippen molar-refractivity contribution in [3.8, 4) is 0 Å². The highest BCUT2D eigenvalue weighted by atomic mass is 16.2. The lowest BCUT2D eigenvalue weighted by molar-refractivity contribution is -0.121. The first kappa shape index (κ1) is 15.8. The molecule has 1 aromatic rings. The first-order valence-electron chi connectivity index (χ1n) is 6.48. The maximum Gasteiger partial charge on any atom is 0.256 e. The summed E-state index contributed by atoms with van der Waals surface area (Å²) >= 11 is 0. The zero-order valence-corrected chi connectivity index (χ0v) is 12.1. The van der Waals surface area contributed by atoms with E-state index < -0.39 is 0 Å². The molecule has 110 valence electrons. The van der Waals surface area contributed by atoms with Gasteiger partial charge in [-0.3, -0.25) is 9.59 Å². The Balaban J connectivity index is 2.65. The molecule has 0 aliphatic heterocycles. The van der Waals surface area contributed by atoms with Gasteiger partial charge in [0, 0.05) is 25.0 Å². The molecule has 0 saturated carbocycles. The van der Waals surface area contributed by atoms with Gasteiger partial charge in [0.2, 0.25) is 5.91 Å². The summed E-state index contributed by atoms with van der Waals surface area (Å²) < 4.78 is 0. The van der Waals surface area contributed by atoms with Gasteiger partial charge in [0.05, 0.1) is 12.1 Å². The van der Waals surface area contributed by atoms with Gasteiger partial charge in [-0.25, -0.2) is 0 Å². The van der Waals surface area contributed by atoms with Crippen molar-refractivity contribution in [1.29, 1.82) is 0 Å². The SMILES string of the molecule is CC(C)CNC(=O)CN(C)C(=O)c1ccc(N)cc1N. The zero-order valence-electron chi connectivity index (χ0n) is 12.1. The van der Waals surface area contributed by atoms with E-state index >= 15 is 0 Å². The Morgan fingerprint density at radius 3 is 2.50 bits per heavy atom. The highest BCUT2D eigenvalue weighted by molar-refractivity contribution is 6.01. The first-order valence-corrected chi connectivity index (χ1v) is 6.48. The minimum absolute atomic E-state index is 0.00459. The first-order chi connectivity index (χ1) is 9.31. The normalized spacial score (nSPS) is 10.4. The largest absolute Gasteiger partial charge is 0.399 e.